The van der Waals surface area contributed by atoms with Gasteiger partial charge in [-0.05, 0) is 31.1 Å². The van der Waals surface area contributed by atoms with Gasteiger partial charge >= 0.3 is 0 Å². The highest BCUT2D eigenvalue weighted by Gasteiger charge is 2.38. The van der Waals surface area contributed by atoms with Crippen LogP contribution in [0, 0.1) is 5.41 Å². The van der Waals surface area contributed by atoms with Crippen molar-refractivity contribution < 1.29 is 4.74 Å². The van der Waals surface area contributed by atoms with Gasteiger partial charge in [-0.15, -0.1) is 0 Å². The summed E-state index contributed by atoms with van der Waals surface area (Å²) in [5.41, 5.74) is 0.566. The smallest absolute Gasteiger partial charge is 0.0589 e. The van der Waals surface area contributed by atoms with E-state index in [2.05, 4.69) is 20.8 Å². The molecule has 16 heavy (non-hydrogen) atoms. The van der Waals surface area contributed by atoms with Gasteiger partial charge in [0.1, 0.15) is 0 Å². The van der Waals surface area contributed by atoms with Crippen LogP contribution in [-0.4, -0.2) is 43.1 Å². The summed E-state index contributed by atoms with van der Waals surface area (Å²) >= 11 is 3.74. The predicted octanol–water partition coefficient (Wildman–Crippen LogP) is 3.05. The molecule has 0 aromatic heterocycles. The lowest BCUT2D eigenvalue weighted by atomic mass is 9.88. The van der Waals surface area contributed by atoms with Crippen molar-refractivity contribution in [2.45, 2.75) is 44.6 Å². The Morgan fingerprint density at radius 3 is 2.50 bits per heavy atom. The van der Waals surface area contributed by atoms with Crippen LogP contribution in [0.1, 0.15) is 38.5 Å². The van der Waals surface area contributed by atoms with Crippen LogP contribution in [0.2, 0.25) is 0 Å². The van der Waals surface area contributed by atoms with Gasteiger partial charge in [0.15, 0.2) is 0 Å². The average Bonchev–Trinajstić information content (AvgIpc) is 3.05. The quantitative estimate of drug-likeness (QED) is 0.668. The van der Waals surface area contributed by atoms with E-state index in [0.29, 0.717) is 5.41 Å². The fourth-order valence-electron chi connectivity index (χ4n) is 2.93. The molecular weight excluding hydrogens is 266 g/mol. The molecule has 0 N–H and O–H groups in total. The first-order chi connectivity index (χ1) is 7.79. The monoisotopic (exact) mass is 289 g/mol. The van der Waals surface area contributed by atoms with Gasteiger partial charge < -0.3 is 4.74 Å². The van der Waals surface area contributed by atoms with Crippen molar-refractivity contribution in [3.8, 4) is 0 Å². The van der Waals surface area contributed by atoms with E-state index in [0.717, 1.165) is 19.2 Å². The molecule has 0 aliphatic heterocycles. The third-order valence-corrected chi connectivity index (χ3v) is 5.32. The van der Waals surface area contributed by atoms with Gasteiger partial charge in [-0.3, -0.25) is 4.90 Å². The van der Waals surface area contributed by atoms with Crippen molar-refractivity contribution in [1.82, 2.24) is 4.90 Å². The highest BCUT2D eigenvalue weighted by Crippen LogP contribution is 2.42. The molecule has 2 rings (SSSR count). The first kappa shape index (κ1) is 12.8. The Morgan fingerprint density at radius 2 is 2.00 bits per heavy atom. The summed E-state index contributed by atoms with van der Waals surface area (Å²) < 4.78 is 5.23. The normalized spacial score (nSPS) is 24.2. The molecule has 94 valence electrons. The van der Waals surface area contributed by atoms with E-state index in [9.17, 15) is 0 Å². The van der Waals surface area contributed by atoms with Crippen LogP contribution in [0.5, 0.6) is 0 Å². The number of hydrogen-bond acceptors (Lipinski definition) is 2. The number of ether oxygens (including phenoxy) is 1. The van der Waals surface area contributed by atoms with Crippen molar-refractivity contribution in [3.05, 3.63) is 0 Å². The molecule has 0 aromatic rings. The highest BCUT2D eigenvalue weighted by atomic mass is 79.9. The minimum atomic E-state index is 0.566. The molecule has 2 saturated carbocycles. The van der Waals surface area contributed by atoms with Crippen molar-refractivity contribution in [1.29, 1.82) is 0 Å². The number of hydrogen-bond donors (Lipinski definition) is 0. The fraction of sp³-hybridized carbons (Fsp3) is 1.00. The molecule has 3 heteroatoms. The van der Waals surface area contributed by atoms with Crippen LogP contribution >= 0.6 is 15.9 Å². The maximum absolute atomic E-state index is 5.23. The maximum Gasteiger partial charge on any atom is 0.0589 e. The van der Waals surface area contributed by atoms with Crippen LogP contribution in [0.25, 0.3) is 0 Å². The second kappa shape index (κ2) is 5.83. The lowest BCUT2D eigenvalue weighted by Gasteiger charge is -2.34. The van der Waals surface area contributed by atoms with Crippen LogP contribution in [-0.2, 0) is 4.74 Å². The zero-order valence-electron chi connectivity index (χ0n) is 10.4. The summed E-state index contributed by atoms with van der Waals surface area (Å²) in [5.74, 6) is 0. The van der Waals surface area contributed by atoms with Gasteiger partial charge in [0.2, 0.25) is 0 Å². The average molecular weight is 290 g/mol. The summed E-state index contributed by atoms with van der Waals surface area (Å²) in [6.45, 7) is 3.29. The van der Waals surface area contributed by atoms with Crippen LogP contribution < -0.4 is 0 Å². The number of alkyl halides is 1. The van der Waals surface area contributed by atoms with E-state index >= 15 is 0 Å². The Labute approximate surface area is 108 Å². The molecule has 0 atom stereocenters. The lowest BCUT2D eigenvalue weighted by molar-refractivity contribution is 0.110. The fourth-order valence-corrected chi connectivity index (χ4v) is 3.67. The maximum atomic E-state index is 5.23. The molecule has 0 spiro atoms. The van der Waals surface area contributed by atoms with Crippen LogP contribution in [0.15, 0.2) is 0 Å². The first-order valence-electron chi connectivity index (χ1n) is 6.59. The Kier molecular flexibility index (Phi) is 4.68. The van der Waals surface area contributed by atoms with Gasteiger partial charge in [0.05, 0.1) is 6.61 Å². The number of methoxy groups -OCH3 is 1. The Bertz CT molecular complexity index is 212. The molecule has 2 fully saturated rings. The van der Waals surface area contributed by atoms with Gasteiger partial charge in [-0.1, -0.05) is 28.8 Å². The SMILES string of the molecule is COCCN(CC1(CBr)CCCC1)C1CC1. The molecule has 0 bridgehead atoms. The van der Waals surface area contributed by atoms with E-state index in [-0.39, 0.29) is 0 Å². The molecule has 2 aliphatic carbocycles. The highest BCUT2D eigenvalue weighted by molar-refractivity contribution is 9.09. The summed E-state index contributed by atoms with van der Waals surface area (Å²) in [6.07, 6.45) is 8.48. The molecule has 0 radical (unpaired) electrons. The molecule has 2 nitrogen and oxygen atoms in total. The second-order valence-corrected chi connectivity index (χ2v) is 6.10. The summed E-state index contributed by atoms with van der Waals surface area (Å²) in [7, 11) is 1.81. The largest absolute Gasteiger partial charge is 0.383 e. The number of rotatable bonds is 7. The second-order valence-electron chi connectivity index (χ2n) is 5.54. The topological polar surface area (TPSA) is 12.5 Å². The number of nitrogens with zero attached hydrogens (tertiary/aromatic N) is 1. The van der Waals surface area contributed by atoms with E-state index in [1.807, 2.05) is 0 Å². The molecule has 0 aromatic carbocycles. The Balaban J connectivity index is 1.87. The third kappa shape index (κ3) is 3.21. The van der Waals surface area contributed by atoms with Gasteiger partial charge in [-0.2, -0.15) is 0 Å². The van der Waals surface area contributed by atoms with E-state index in [4.69, 9.17) is 4.74 Å². The van der Waals surface area contributed by atoms with E-state index in [1.165, 1.54) is 50.4 Å². The third-order valence-electron chi connectivity index (χ3n) is 4.13. The summed E-state index contributed by atoms with van der Waals surface area (Å²) in [6, 6.07) is 0.867. The zero-order chi connectivity index (χ0) is 11.4. The van der Waals surface area contributed by atoms with Gasteiger partial charge in [0.25, 0.3) is 0 Å². The zero-order valence-corrected chi connectivity index (χ0v) is 12.0. The molecular formula is C13H24BrNO. The first-order valence-corrected chi connectivity index (χ1v) is 7.71. The standard InChI is InChI=1S/C13H24BrNO/c1-16-9-8-15(12-4-5-12)11-13(10-14)6-2-3-7-13/h12H,2-11H2,1H3. The van der Waals surface area contributed by atoms with Gasteiger partial charge in [0, 0.05) is 31.6 Å². The lowest BCUT2D eigenvalue weighted by Crippen LogP contribution is -2.40. The summed E-state index contributed by atoms with van der Waals surface area (Å²) in [5, 5.41) is 1.18. The van der Waals surface area contributed by atoms with Gasteiger partial charge in [-0.25, -0.2) is 0 Å². The number of halogens is 1. The minimum Gasteiger partial charge on any atom is -0.383 e. The van der Waals surface area contributed by atoms with E-state index < -0.39 is 0 Å². The Morgan fingerprint density at radius 1 is 1.31 bits per heavy atom. The van der Waals surface area contributed by atoms with Crippen LogP contribution in [0.4, 0.5) is 0 Å². The minimum absolute atomic E-state index is 0.566. The van der Waals surface area contributed by atoms with E-state index in [1.54, 1.807) is 7.11 Å². The van der Waals surface area contributed by atoms with Crippen LogP contribution in [0.3, 0.4) is 0 Å². The molecule has 0 saturated heterocycles. The summed E-state index contributed by atoms with van der Waals surface area (Å²) in [4.78, 5) is 2.68. The molecule has 0 amide bonds. The Hall–Kier alpha value is 0.400. The van der Waals surface area contributed by atoms with Crippen molar-refractivity contribution in [2.24, 2.45) is 5.41 Å². The molecule has 0 heterocycles. The van der Waals surface area contributed by atoms with Crippen molar-refractivity contribution in [2.75, 3.05) is 32.1 Å². The molecule has 2 aliphatic rings. The molecule has 0 unspecified atom stereocenters. The van der Waals surface area contributed by atoms with Crippen molar-refractivity contribution >= 4 is 15.9 Å². The predicted molar refractivity (Wildman–Crippen MR) is 71.2 cm³/mol. The van der Waals surface area contributed by atoms with Crippen molar-refractivity contribution in [3.63, 3.8) is 0 Å².